The van der Waals surface area contributed by atoms with Gasteiger partial charge in [-0.25, -0.2) is 4.39 Å². The molecule has 5 heteroatoms. The lowest BCUT2D eigenvalue weighted by molar-refractivity contribution is 0.612. The zero-order valence-electron chi connectivity index (χ0n) is 11.0. The highest BCUT2D eigenvalue weighted by Crippen LogP contribution is 2.02. The molecule has 0 atom stereocenters. The van der Waals surface area contributed by atoms with E-state index in [1.165, 1.54) is 12.1 Å². The molecule has 0 unspecified atom stereocenters. The van der Waals surface area contributed by atoms with E-state index >= 15 is 0 Å². The molecule has 0 saturated heterocycles. The Kier molecular flexibility index (Phi) is 8.70. The molecule has 0 aliphatic heterocycles. The zero-order valence-corrected chi connectivity index (χ0v) is 13.4. The summed E-state index contributed by atoms with van der Waals surface area (Å²) >= 11 is 0. The van der Waals surface area contributed by atoms with Crippen LogP contribution in [0, 0.1) is 11.7 Å². The molecule has 0 aliphatic rings. The summed E-state index contributed by atoms with van der Waals surface area (Å²) in [6, 6.07) is 6.54. The fourth-order valence-electron chi connectivity index (χ4n) is 1.35. The first-order valence-corrected chi connectivity index (χ1v) is 5.80. The van der Waals surface area contributed by atoms with Crippen LogP contribution in [0.2, 0.25) is 0 Å². The highest BCUT2D eigenvalue weighted by molar-refractivity contribution is 14.0. The molecule has 0 spiro atoms. The van der Waals surface area contributed by atoms with E-state index < -0.39 is 0 Å². The van der Waals surface area contributed by atoms with Gasteiger partial charge >= 0.3 is 0 Å². The average molecular weight is 365 g/mol. The largest absolute Gasteiger partial charge is 0.356 e. The van der Waals surface area contributed by atoms with E-state index in [0.29, 0.717) is 12.5 Å². The molecule has 0 radical (unpaired) electrons. The Labute approximate surface area is 125 Å². The van der Waals surface area contributed by atoms with Gasteiger partial charge in [0, 0.05) is 20.1 Å². The van der Waals surface area contributed by atoms with Gasteiger partial charge in [0.1, 0.15) is 5.82 Å². The summed E-state index contributed by atoms with van der Waals surface area (Å²) in [4.78, 5) is 4.10. The minimum absolute atomic E-state index is 0. The van der Waals surface area contributed by atoms with Crippen LogP contribution in [0.5, 0.6) is 0 Å². The van der Waals surface area contributed by atoms with E-state index in [-0.39, 0.29) is 29.8 Å². The molecule has 2 N–H and O–H groups in total. The van der Waals surface area contributed by atoms with E-state index in [4.69, 9.17) is 0 Å². The van der Waals surface area contributed by atoms with Crippen molar-refractivity contribution >= 4 is 29.9 Å². The van der Waals surface area contributed by atoms with E-state index in [9.17, 15) is 4.39 Å². The first-order chi connectivity index (χ1) is 8.11. The molecular weight excluding hydrogens is 344 g/mol. The zero-order chi connectivity index (χ0) is 12.7. The third kappa shape index (κ3) is 6.78. The molecule has 1 rings (SSSR count). The maximum absolute atomic E-state index is 13.0. The van der Waals surface area contributed by atoms with Crippen LogP contribution in [0.3, 0.4) is 0 Å². The van der Waals surface area contributed by atoms with Crippen LogP contribution in [0.4, 0.5) is 4.39 Å². The number of guanidine groups is 1. The van der Waals surface area contributed by atoms with Gasteiger partial charge in [-0.1, -0.05) is 26.0 Å². The van der Waals surface area contributed by atoms with Crippen molar-refractivity contribution in [1.29, 1.82) is 0 Å². The fraction of sp³-hybridized carbons (Fsp3) is 0.462. The third-order valence-corrected chi connectivity index (χ3v) is 2.25. The van der Waals surface area contributed by atoms with Crippen molar-refractivity contribution in [2.75, 3.05) is 13.6 Å². The molecule has 1 aromatic carbocycles. The monoisotopic (exact) mass is 365 g/mol. The lowest BCUT2D eigenvalue weighted by Crippen LogP contribution is -2.38. The first kappa shape index (κ1) is 17.2. The van der Waals surface area contributed by atoms with Gasteiger partial charge in [0.2, 0.25) is 0 Å². The van der Waals surface area contributed by atoms with Crippen LogP contribution < -0.4 is 10.6 Å². The Bertz CT molecular complexity index is 380. The van der Waals surface area contributed by atoms with Crippen molar-refractivity contribution in [2.24, 2.45) is 10.9 Å². The number of benzene rings is 1. The second-order valence-electron chi connectivity index (χ2n) is 4.33. The standard InChI is InChI=1S/C13H20FN3.HI/c1-10(2)8-16-13(15-3)17-9-11-5-4-6-12(14)7-11;/h4-7,10H,8-9H2,1-3H3,(H2,15,16,17);1H. The topological polar surface area (TPSA) is 36.4 Å². The molecule has 0 fully saturated rings. The second kappa shape index (κ2) is 9.13. The average Bonchev–Trinajstić information content (AvgIpc) is 2.29. The van der Waals surface area contributed by atoms with Gasteiger partial charge in [-0.2, -0.15) is 0 Å². The van der Waals surface area contributed by atoms with Gasteiger partial charge < -0.3 is 10.6 Å². The van der Waals surface area contributed by atoms with Crippen LogP contribution in [0.15, 0.2) is 29.3 Å². The minimum Gasteiger partial charge on any atom is -0.356 e. The van der Waals surface area contributed by atoms with Gasteiger partial charge in [0.05, 0.1) is 0 Å². The van der Waals surface area contributed by atoms with Crippen LogP contribution >= 0.6 is 24.0 Å². The quantitative estimate of drug-likeness (QED) is 0.489. The van der Waals surface area contributed by atoms with Gasteiger partial charge in [0.15, 0.2) is 5.96 Å². The number of hydrogen-bond acceptors (Lipinski definition) is 1. The highest BCUT2D eigenvalue weighted by Gasteiger charge is 2.00. The highest BCUT2D eigenvalue weighted by atomic mass is 127. The fourth-order valence-corrected chi connectivity index (χ4v) is 1.35. The number of halogens is 2. The van der Waals surface area contributed by atoms with Crippen molar-refractivity contribution in [3.8, 4) is 0 Å². The number of nitrogens with zero attached hydrogens (tertiary/aromatic N) is 1. The maximum atomic E-state index is 13.0. The van der Waals surface area contributed by atoms with Crippen LogP contribution in [0.25, 0.3) is 0 Å². The molecule has 18 heavy (non-hydrogen) atoms. The van der Waals surface area contributed by atoms with E-state index in [2.05, 4.69) is 29.5 Å². The van der Waals surface area contributed by atoms with Crippen molar-refractivity contribution in [1.82, 2.24) is 10.6 Å². The summed E-state index contributed by atoms with van der Waals surface area (Å²) in [5, 5.41) is 6.34. The lowest BCUT2D eigenvalue weighted by atomic mass is 10.2. The SMILES string of the molecule is CN=C(NCc1cccc(F)c1)NCC(C)C.I. The van der Waals surface area contributed by atoms with Crippen molar-refractivity contribution in [3.63, 3.8) is 0 Å². The van der Waals surface area contributed by atoms with Gasteiger partial charge in [-0.3, -0.25) is 4.99 Å². The van der Waals surface area contributed by atoms with Crippen molar-refractivity contribution in [3.05, 3.63) is 35.6 Å². The Hall–Kier alpha value is -0.850. The molecule has 102 valence electrons. The Morgan fingerprint density at radius 2 is 2.06 bits per heavy atom. The van der Waals surface area contributed by atoms with Crippen LogP contribution in [-0.2, 0) is 6.54 Å². The Balaban J connectivity index is 0.00000289. The van der Waals surface area contributed by atoms with E-state index in [1.807, 2.05) is 6.07 Å². The molecule has 0 bridgehead atoms. The number of aliphatic imine (C=N–C) groups is 1. The predicted molar refractivity (Wildman–Crippen MR) is 84.9 cm³/mol. The molecule has 0 saturated carbocycles. The van der Waals surface area contributed by atoms with Crippen molar-refractivity contribution < 1.29 is 4.39 Å². The van der Waals surface area contributed by atoms with Gasteiger partial charge in [-0.05, 0) is 23.6 Å². The number of nitrogens with one attached hydrogen (secondary N) is 2. The number of hydrogen-bond donors (Lipinski definition) is 2. The predicted octanol–water partition coefficient (Wildman–Crippen LogP) is 2.76. The van der Waals surface area contributed by atoms with Crippen molar-refractivity contribution in [2.45, 2.75) is 20.4 Å². The van der Waals surface area contributed by atoms with Crippen LogP contribution in [-0.4, -0.2) is 19.6 Å². The molecular formula is C13H21FIN3. The summed E-state index contributed by atoms with van der Waals surface area (Å²) in [5.41, 5.74) is 0.900. The summed E-state index contributed by atoms with van der Waals surface area (Å²) in [7, 11) is 1.72. The first-order valence-electron chi connectivity index (χ1n) is 5.80. The second-order valence-corrected chi connectivity index (χ2v) is 4.33. The molecule has 0 aliphatic carbocycles. The summed E-state index contributed by atoms with van der Waals surface area (Å²) < 4.78 is 13.0. The van der Waals surface area contributed by atoms with Crippen LogP contribution in [0.1, 0.15) is 19.4 Å². The lowest BCUT2D eigenvalue weighted by Gasteiger charge is -2.13. The van der Waals surface area contributed by atoms with E-state index in [0.717, 1.165) is 18.1 Å². The van der Waals surface area contributed by atoms with Gasteiger partial charge in [-0.15, -0.1) is 24.0 Å². The summed E-state index contributed by atoms with van der Waals surface area (Å²) in [6.45, 7) is 5.69. The maximum Gasteiger partial charge on any atom is 0.191 e. The number of rotatable bonds is 4. The van der Waals surface area contributed by atoms with Gasteiger partial charge in [0.25, 0.3) is 0 Å². The minimum atomic E-state index is -0.213. The molecule has 0 heterocycles. The Morgan fingerprint density at radius 3 is 2.61 bits per heavy atom. The third-order valence-electron chi connectivity index (χ3n) is 2.25. The summed E-state index contributed by atoms with van der Waals surface area (Å²) in [5.74, 6) is 1.08. The molecule has 0 aromatic heterocycles. The normalized spacial score (nSPS) is 11.1. The molecule has 3 nitrogen and oxygen atoms in total. The molecule has 1 aromatic rings. The summed E-state index contributed by atoms with van der Waals surface area (Å²) in [6.07, 6.45) is 0. The van der Waals surface area contributed by atoms with E-state index in [1.54, 1.807) is 13.1 Å². The molecule has 0 amide bonds. The Morgan fingerprint density at radius 1 is 1.33 bits per heavy atom. The smallest absolute Gasteiger partial charge is 0.191 e.